The Bertz CT molecular complexity index is 1320. The molecule has 12 heteroatoms. The van der Waals surface area contributed by atoms with E-state index in [-0.39, 0.29) is 43.5 Å². The van der Waals surface area contributed by atoms with Crippen LogP contribution in [0.1, 0.15) is 0 Å². The highest BCUT2D eigenvalue weighted by atomic mass is 35.5. The topological polar surface area (TPSA) is 126 Å². The minimum absolute atomic E-state index is 0.121. The largest absolute Gasteiger partial charge is 0.505 e. The SMILES string of the molecule is Nc1nc2c(-c3c(Cl)cc4c(NCCNC(=O)CCl)ncnc4c3O)ccc(F)c2s1. The average molecular weight is 481 g/mol. The van der Waals surface area contributed by atoms with E-state index >= 15 is 0 Å². The molecule has 0 aliphatic rings. The molecule has 4 aromatic rings. The zero-order chi connectivity index (χ0) is 22.1. The standard InChI is InChI=1S/C19H15Cl2FN6O2S/c20-6-12(29)24-3-4-25-18-9-5-10(21)13(16(30)14(9)26-7-27-18)8-1-2-11(22)17-15(8)28-19(23)31-17/h1-2,5,7,30H,3-4,6H2,(H2,23,28)(H,24,29)(H,25,26,27). The molecule has 0 saturated carbocycles. The molecule has 8 nitrogen and oxygen atoms in total. The third-order valence-electron chi connectivity index (χ3n) is 4.50. The third-order valence-corrected chi connectivity index (χ3v) is 5.93. The summed E-state index contributed by atoms with van der Waals surface area (Å²) in [6.45, 7) is 0.694. The fraction of sp³-hybridized carbons (Fsp3) is 0.158. The highest BCUT2D eigenvalue weighted by molar-refractivity contribution is 7.22. The molecular weight excluding hydrogens is 466 g/mol. The smallest absolute Gasteiger partial charge is 0.234 e. The van der Waals surface area contributed by atoms with E-state index < -0.39 is 5.82 Å². The highest BCUT2D eigenvalue weighted by Gasteiger charge is 2.21. The van der Waals surface area contributed by atoms with Gasteiger partial charge in [0.15, 0.2) is 10.9 Å². The number of rotatable bonds is 6. The zero-order valence-corrected chi connectivity index (χ0v) is 18.1. The maximum atomic E-state index is 14.2. The summed E-state index contributed by atoms with van der Waals surface area (Å²) in [5.74, 6) is -0.628. The number of alkyl halides is 1. The molecule has 0 aliphatic heterocycles. The number of nitrogens with zero attached hydrogens (tertiary/aromatic N) is 3. The summed E-state index contributed by atoms with van der Waals surface area (Å²) >= 11 is 13.0. The van der Waals surface area contributed by atoms with Gasteiger partial charge in [0.05, 0.1) is 15.2 Å². The molecule has 0 bridgehead atoms. The van der Waals surface area contributed by atoms with Crippen LogP contribution in [0, 0.1) is 5.82 Å². The number of anilines is 2. The normalized spacial score (nSPS) is 11.2. The van der Waals surface area contributed by atoms with E-state index in [0.717, 1.165) is 11.3 Å². The van der Waals surface area contributed by atoms with Crippen LogP contribution in [-0.2, 0) is 4.79 Å². The summed E-state index contributed by atoms with van der Waals surface area (Å²) in [6.07, 6.45) is 1.29. The number of amides is 1. The van der Waals surface area contributed by atoms with Crippen molar-refractivity contribution in [2.75, 3.05) is 30.0 Å². The van der Waals surface area contributed by atoms with Gasteiger partial charge in [-0.15, -0.1) is 11.6 Å². The molecule has 2 aromatic carbocycles. The number of nitrogens with one attached hydrogen (secondary N) is 2. The van der Waals surface area contributed by atoms with Crippen LogP contribution in [0.2, 0.25) is 5.02 Å². The lowest BCUT2D eigenvalue weighted by atomic mass is 10.0. The molecule has 2 aromatic heterocycles. The molecule has 0 unspecified atom stereocenters. The molecule has 31 heavy (non-hydrogen) atoms. The number of benzene rings is 2. The number of fused-ring (bicyclic) bond motifs is 2. The van der Waals surface area contributed by atoms with Gasteiger partial charge in [0.25, 0.3) is 0 Å². The minimum atomic E-state index is -0.459. The Morgan fingerprint density at radius 2 is 2.06 bits per heavy atom. The number of nitrogens with two attached hydrogens (primary N) is 1. The van der Waals surface area contributed by atoms with Crippen molar-refractivity contribution in [2.45, 2.75) is 0 Å². The Morgan fingerprint density at radius 3 is 2.84 bits per heavy atom. The predicted molar refractivity (Wildman–Crippen MR) is 121 cm³/mol. The molecule has 0 saturated heterocycles. The van der Waals surface area contributed by atoms with Crippen molar-refractivity contribution in [2.24, 2.45) is 0 Å². The maximum Gasteiger partial charge on any atom is 0.234 e. The molecule has 1 amide bonds. The van der Waals surface area contributed by atoms with Gasteiger partial charge in [-0.1, -0.05) is 22.9 Å². The Balaban J connectivity index is 1.77. The van der Waals surface area contributed by atoms with Crippen LogP contribution in [0.5, 0.6) is 5.75 Å². The average Bonchev–Trinajstić information content (AvgIpc) is 3.15. The van der Waals surface area contributed by atoms with Crippen molar-refractivity contribution in [1.82, 2.24) is 20.3 Å². The lowest BCUT2D eigenvalue weighted by Gasteiger charge is -2.14. The van der Waals surface area contributed by atoms with Gasteiger partial charge in [-0.2, -0.15) is 0 Å². The van der Waals surface area contributed by atoms with E-state index in [9.17, 15) is 14.3 Å². The fourth-order valence-electron chi connectivity index (χ4n) is 3.17. The molecule has 0 fully saturated rings. The summed E-state index contributed by atoms with van der Waals surface area (Å²) in [5.41, 5.74) is 7.02. The first-order valence-electron chi connectivity index (χ1n) is 8.98. The van der Waals surface area contributed by atoms with Crippen molar-refractivity contribution in [3.8, 4) is 16.9 Å². The number of phenolic OH excluding ortho intramolecular Hbond substituents is 1. The number of phenols is 1. The molecule has 0 radical (unpaired) electrons. The van der Waals surface area contributed by atoms with Crippen LogP contribution in [0.3, 0.4) is 0 Å². The lowest BCUT2D eigenvalue weighted by Crippen LogP contribution is -2.29. The van der Waals surface area contributed by atoms with Gasteiger partial charge in [-0.05, 0) is 18.2 Å². The molecule has 0 aliphatic carbocycles. The van der Waals surface area contributed by atoms with Gasteiger partial charge in [0.1, 0.15) is 29.4 Å². The summed E-state index contributed by atoms with van der Waals surface area (Å²) in [4.78, 5) is 23.8. The first-order chi connectivity index (χ1) is 14.9. The van der Waals surface area contributed by atoms with E-state index in [1.807, 2.05) is 0 Å². The van der Waals surface area contributed by atoms with Crippen molar-refractivity contribution < 1.29 is 14.3 Å². The number of nitrogen functional groups attached to an aromatic ring is 1. The zero-order valence-electron chi connectivity index (χ0n) is 15.7. The van der Waals surface area contributed by atoms with Crippen LogP contribution in [-0.4, -0.2) is 44.9 Å². The van der Waals surface area contributed by atoms with Gasteiger partial charge in [0, 0.05) is 29.6 Å². The number of thiazole rings is 1. The predicted octanol–water partition coefficient (Wildman–Crippen LogP) is 3.75. The fourth-order valence-corrected chi connectivity index (χ4v) is 4.33. The van der Waals surface area contributed by atoms with Gasteiger partial charge in [-0.3, -0.25) is 4.79 Å². The number of hydrogen-bond acceptors (Lipinski definition) is 8. The van der Waals surface area contributed by atoms with Crippen LogP contribution >= 0.6 is 34.5 Å². The molecule has 5 N–H and O–H groups in total. The van der Waals surface area contributed by atoms with Crippen LogP contribution in [0.15, 0.2) is 24.5 Å². The Labute approximate surface area is 189 Å². The Kier molecular flexibility index (Phi) is 5.94. The van der Waals surface area contributed by atoms with E-state index in [1.54, 1.807) is 6.07 Å². The van der Waals surface area contributed by atoms with Crippen molar-refractivity contribution >= 4 is 72.5 Å². The van der Waals surface area contributed by atoms with Gasteiger partial charge in [0.2, 0.25) is 5.91 Å². The summed E-state index contributed by atoms with van der Waals surface area (Å²) in [6, 6.07) is 4.37. The number of carbonyl (C=O) groups is 1. The maximum absolute atomic E-state index is 14.2. The van der Waals surface area contributed by atoms with Crippen molar-refractivity contribution in [3.63, 3.8) is 0 Å². The van der Waals surface area contributed by atoms with Crippen LogP contribution in [0.4, 0.5) is 15.3 Å². The van der Waals surface area contributed by atoms with Gasteiger partial charge >= 0.3 is 0 Å². The molecular formula is C19H15Cl2FN6O2S. The second kappa shape index (κ2) is 8.66. The van der Waals surface area contributed by atoms with Crippen molar-refractivity contribution in [3.05, 3.63) is 35.4 Å². The molecule has 0 atom stereocenters. The molecule has 2 heterocycles. The third kappa shape index (κ3) is 4.01. The van der Waals surface area contributed by atoms with Crippen LogP contribution in [0.25, 0.3) is 32.2 Å². The number of aromatic nitrogens is 3. The molecule has 160 valence electrons. The first kappa shape index (κ1) is 21.3. The number of hydrogen-bond donors (Lipinski definition) is 4. The molecule has 0 spiro atoms. The van der Waals surface area contributed by atoms with E-state index in [0.29, 0.717) is 35.4 Å². The Morgan fingerprint density at radius 1 is 1.26 bits per heavy atom. The van der Waals surface area contributed by atoms with E-state index in [4.69, 9.17) is 28.9 Å². The second-order valence-electron chi connectivity index (χ2n) is 6.44. The van der Waals surface area contributed by atoms with E-state index in [1.165, 1.54) is 18.5 Å². The number of carbonyl (C=O) groups excluding carboxylic acids is 1. The molecule has 4 rings (SSSR count). The monoisotopic (exact) mass is 480 g/mol. The van der Waals surface area contributed by atoms with Crippen LogP contribution < -0.4 is 16.4 Å². The van der Waals surface area contributed by atoms with Gasteiger partial charge < -0.3 is 21.5 Å². The minimum Gasteiger partial charge on any atom is -0.505 e. The Hall–Kier alpha value is -2.95. The quantitative estimate of drug-likeness (QED) is 0.244. The number of aromatic hydroxyl groups is 1. The second-order valence-corrected chi connectivity index (χ2v) is 8.14. The summed E-state index contributed by atoms with van der Waals surface area (Å²) in [5, 5.41) is 17.6. The summed E-state index contributed by atoms with van der Waals surface area (Å²) < 4.78 is 14.5. The highest BCUT2D eigenvalue weighted by Crippen LogP contribution is 2.45. The summed E-state index contributed by atoms with van der Waals surface area (Å²) in [7, 11) is 0. The number of halogens is 3. The van der Waals surface area contributed by atoms with E-state index in [2.05, 4.69) is 25.6 Å². The first-order valence-corrected chi connectivity index (χ1v) is 10.7. The lowest BCUT2D eigenvalue weighted by molar-refractivity contribution is -0.118. The van der Waals surface area contributed by atoms with Gasteiger partial charge in [-0.25, -0.2) is 19.3 Å². The van der Waals surface area contributed by atoms with Crippen molar-refractivity contribution in [1.29, 1.82) is 0 Å².